The van der Waals surface area contributed by atoms with Crippen LogP contribution in [0.3, 0.4) is 0 Å². The summed E-state index contributed by atoms with van der Waals surface area (Å²) in [4.78, 5) is 10.6. The van der Waals surface area contributed by atoms with Gasteiger partial charge >= 0.3 is 0 Å². The SMILES string of the molecule is COc1ccccc1CCNc1cccc([N+](=O)[O-])c1C. The smallest absolute Gasteiger partial charge is 0.274 e. The molecule has 0 aliphatic heterocycles. The zero-order chi connectivity index (χ0) is 15.2. The Labute approximate surface area is 123 Å². The minimum Gasteiger partial charge on any atom is -0.496 e. The molecule has 0 unspecified atom stereocenters. The van der Waals surface area contributed by atoms with E-state index in [2.05, 4.69) is 5.32 Å². The highest BCUT2D eigenvalue weighted by molar-refractivity contribution is 5.59. The number of ether oxygens (including phenoxy) is 1. The van der Waals surface area contributed by atoms with E-state index in [1.165, 1.54) is 6.07 Å². The molecule has 0 aliphatic carbocycles. The van der Waals surface area contributed by atoms with Crippen LogP contribution in [0.1, 0.15) is 11.1 Å². The molecular formula is C16H18N2O3. The van der Waals surface area contributed by atoms with Gasteiger partial charge in [0, 0.05) is 23.9 Å². The zero-order valence-electron chi connectivity index (χ0n) is 12.1. The fraction of sp³-hybridized carbons (Fsp3) is 0.250. The van der Waals surface area contributed by atoms with Crippen molar-refractivity contribution in [3.63, 3.8) is 0 Å². The molecule has 0 radical (unpaired) electrons. The highest BCUT2D eigenvalue weighted by Gasteiger charge is 2.12. The fourth-order valence-corrected chi connectivity index (χ4v) is 2.25. The Morgan fingerprint density at radius 1 is 1.19 bits per heavy atom. The second kappa shape index (κ2) is 6.74. The van der Waals surface area contributed by atoms with Crippen molar-refractivity contribution >= 4 is 11.4 Å². The van der Waals surface area contributed by atoms with Gasteiger partial charge in [-0.05, 0) is 31.0 Å². The summed E-state index contributed by atoms with van der Waals surface area (Å²) in [6, 6.07) is 12.9. The number of nitro groups is 1. The second-order valence-electron chi connectivity index (χ2n) is 4.70. The number of nitrogens with zero attached hydrogens (tertiary/aromatic N) is 1. The Balaban J connectivity index is 2.04. The highest BCUT2D eigenvalue weighted by atomic mass is 16.6. The maximum atomic E-state index is 10.9. The average molecular weight is 286 g/mol. The van der Waals surface area contributed by atoms with Crippen molar-refractivity contribution in [3.8, 4) is 5.75 Å². The average Bonchev–Trinajstić information content (AvgIpc) is 2.49. The standard InChI is InChI=1S/C16H18N2O3/c1-12-14(7-5-8-15(12)18(19)20)17-11-10-13-6-3-4-9-16(13)21-2/h3-9,17H,10-11H2,1-2H3. The molecule has 0 amide bonds. The van der Waals surface area contributed by atoms with Crippen molar-refractivity contribution in [2.45, 2.75) is 13.3 Å². The van der Waals surface area contributed by atoms with Gasteiger partial charge in [-0.15, -0.1) is 0 Å². The first-order chi connectivity index (χ1) is 10.1. The first-order valence-electron chi connectivity index (χ1n) is 6.73. The van der Waals surface area contributed by atoms with Crippen LogP contribution in [0.2, 0.25) is 0 Å². The summed E-state index contributed by atoms with van der Waals surface area (Å²) in [5.41, 5.74) is 2.69. The van der Waals surface area contributed by atoms with Crippen LogP contribution in [0.4, 0.5) is 11.4 Å². The number of nitro benzene ring substituents is 1. The van der Waals surface area contributed by atoms with Crippen LogP contribution in [0.5, 0.6) is 5.75 Å². The Bertz CT molecular complexity index is 641. The second-order valence-corrected chi connectivity index (χ2v) is 4.70. The van der Waals surface area contributed by atoms with Gasteiger partial charge in [-0.2, -0.15) is 0 Å². The quantitative estimate of drug-likeness (QED) is 0.651. The molecule has 0 saturated heterocycles. The summed E-state index contributed by atoms with van der Waals surface area (Å²) in [7, 11) is 1.65. The van der Waals surface area contributed by atoms with Gasteiger partial charge < -0.3 is 10.1 Å². The monoisotopic (exact) mass is 286 g/mol. The van der Waals surface area contributed by atoms with Gasteiger partial charge in [0.15, 0.2) is 0 Å². The number of rotatable bonds is 6. The maximum Gasteiger partial charge on any atom is 0.274 e. The lowest BCUT2D eigenvalue weighted by Crippen LogP contribution is -2.07. The lowest BCUT2D eigenvalue weighted by Gasteiger charge is -2.11. The van der Waals surface area contributed by atoms with Crippen LogP contribution >= 0.6 is 0 Å². The molecule has 110 valence electrons. The molecule has 5 heteroatoms. The van der Waals surface area contributed by atoms with Gasteiger partial charge in [-0.3, -0.25) is 10.1 Å². The number of nitrogens with one attached hydrogen (secondary N) is 1. The number of anilines is 1. The summed E-state index contributed by atoms with van der Waals surface area (Å²) in [5.74, 6) is 0.857. The summed E-state index contributed by atoms with van der Waals surface area (Å²) in [6.45, 7) is 2.44. The Morgan fingerprint density at radius 3 is 2.67 bits per heavy atom. The van der Waals surface area contributed by atoms with E-state index >= 15 is 0 Å². The molecule has 0 bridgehead atoms. The minimum atomic E-state index is -0.360. The Morgan fingerprint density at radius 2 is 1.95 bits per heavy atom. The molecule has 0 saturated carbocycles. The molecule has 0 aromatic heterocycles. The minimum absolute atomic E-state index is 0.136. The van der Waals surface area contributed by atoms with E-state index in [1.807, 2.05) is 30.3 Å². The first-order valence-corrected chi connectivity index (χ1v) is 6.73. The van der Waals surface area contributed by atoms with Crippen LogP contribution in [0.25, 0.3) is 0 Å². The van der Waals surface area contributed by atoms with Crippen LogP contribution in [-0.4, -0.2) is 18.6 Å². The van der Waals surface area contributed by atoms with E-state index in [0.717, 1.165) is 23.4 Å². The number of methoxy groups -OCH3 is 1. The van der Waals surface area contributed by atoms with Crippen molar-refractivity contribution in [3.05, 3.63) is 63.7 Å². The lowest BCUT2D eigenvalue weighted by molar-refractivity contribution is -0.385. The number of hydrogen-bond donors (Lipinski definition) is 1. The third kappa shape index (κ3) is 3.51. The van der Waals surface area contributed by atoms with Crippen molar-refractivity contribution in [1.82, 2.24) is 0 Å². The van der Waals surface area contributed by atoms with Crippen molar-refractivity contribution in [2.24, 2.45) is 0 Å². The number of para-hydroxylation sites is 1. The van der Waals surface area contributed by atoms with Crippen LogP contribution in [0, 0.1) is 17.0 Å². The van der Waals surface area contributed by atoms with E-state index < -0.39 is 0 Å². The molecule has 0 spiro atoms. The Kier molecular flexibility index (Phi) is 4.77. The van der Waals surface area contributed by atoms with E-state index in [1.54, 1.807) is 20.1 Å². The van der Waals surface area contributed by atoms with Gasteiger partial charge in [0.1, 0.15) is 5.75 Å². The van der Waals surface area contributed by atoms with Gasteiger partial charge in [-0.25, -0.2) is 0 Å². The predicted molar refractivity (Wildman–Crippen MR) is 83.0 cm³/mol. The van der Waals surface area contributed by atoms with E-state index in [-0.39, 0.29) is 10.6 Å². The molecule has 1 N–H and O–H groups in total. The normalized spacial score (nSPS) is 10.2. The molecule has 2 aromatic rings. The van der Waals surface area contributed by atoms with Crippen LogP contribution in [0.15, 0.2) is 42.5 Å². The highest BCUT2D eigenvalue weighted by Crippen LogP contribution is 2.25. The molecule has 0 aliphatic rings. The predicted octanol–water partition coefficient (Wildman–Crippen LogP) is 3.57. The number of hydrogen-bond acceptors (Lipinski definition) is 4. The third-order valence-corrected chi connectivity index (χ3v) is 3.40. The van der Waals surface area contributed by atoms with E-state index in [4.69, 9.17) is 4.74 Å². The summed E-state index contributed by atoms with van der Waals surface area (Å²) < 4.78 is 5.31. The molecule has 0 atom stereocenters. The van der Waals surface area contributed by atoms with E-state index in [9.17, 15) is 10.1 Å². The molecule has 0 heterocycles. The maximum absolute atomic E-state index is 10.9. The number of benzene rings is 2. The van der Waals surface area contributed by atoms with Gasteiger partial charge in [0.05, 0.1) is 12.0 Å². The van der Waals surface area contributed by atoms with Crippen molar-refractivity contribution in [1.29, 1.82) is 0 Å². The van der Waals surface area contributed by atoms with Gasteiger partial charge in [-0.1, -0.05) is 24.3 Å². The topological polar surface area (TPSA) is 64.4 Å². The molecule has 5 nitrogen and oxygen atoms in total. The lowest BCUT2D eigenvalue weighted by atomic mass is 10.1. The molecule has 0 fully saturated rings. The summed E-state index contributed by atoms with van der Waals surface area (Å²) >= 11 is 0. The first kappa shape index (κ1) is 14.8. The molecular weight excluding hydrogens is 268 g/mol. The van der Waals surface area contributed by atoms with Gasteiger partial charge in [0.25, 0.3) is 5.69 Å². The fourth-order valence-electron chi connectivity index (χ4n) is 2.25. The largest absolute Gasteiger partial charge is 0.496 e. The zero-order valence-corrected chi connectivity index (χ0v) is 12.1. The van der Waals surface area contributed by atoms with Gasteiger partial charge in [0.2, 0.25) is 0 Å². The van der Waals surface area contributed by atoms with Crippen LogP contribution in [-0.2, 0) is 6.42 Å². The molecule has 21 heavy (non-hydrogen) atoms. The summed E-state index contributed by atoms with van der Waals surface area (Å²) in [6.07, 6.45) is 0.784. The third-order valence-electron chi connectivity index (χ3n) is 3.40. The van der Waals surface area contributed by atoms with Crippen LogP contribution < -0.4 is 10.1 Å². The molecule has 2 aromatic carbocycles. The van der Waals surface area contributed by atoms with Crippen molar-refractivity contribution < 1.29 is 9.66 Å². The Hall–Kier alpha value is -2.56. The molecule has 2 rings (SSSR count). The van der Waals surface area contributed by atoms with E-state index in [0.29, 0.717) is 12.1 Å². The van der Waals surface area contributed by atoms with Crippen molar-refractivity contribution in [2.75, 3.05) is 19.0 Å². The summed E-state index contributed by atoms with van der Waals surface area (Å²) in [5, 5.41) is 14.2.